The maximum Gasteiger partial charge on any atom is 0.417 e. The van der Waals surface area contributed by atoms with E-state index < -0.39 is 87.2 Å². The second kappa shape index (κ2) is 12.0. The van der Waals surface area contributed by atoms with Gasteiger partial charge in [-0.1, -0.05) is 47.0 Å². The number of anilines is 1. The number of rotatable bonds is 5. The fourth-order valence-corrected chi connectivity index (χ4v) is 8.57. The van der Waals surface area contributed by atoms with E-state index in [0.29, 0.717) is 32.8 Å². The molecule has 3 fully saturated rings. The third-order valence-corrected chi connectivity index (χ3v) is 10.9. The third-order valence-electron chi connectivity index (χ3n) is 10.3. The van der Waals surface area contributed by atoms with Crippen LogP contribution in [0, 0.1) is 23.7 Å². The quantitative estimate of drug-likeness (QED) is 0.235. The Labute approximate surface area is 296 Å². The Morgan fingerprint density at radius 1 is 1.04 bits per heavy atom. The van der Waals surface area contributed by atoms with Crippen molar-refractivity contribution in [3.63, 3.8) is 0 Å². The maximum absolute atomic E-state index is 15.1. The van der Waals surface area contributed by atoms with Gasteiger partial charge in [0.05, 0.1) is 40.9 Å². The largest absolute Gasteiger partial charge is 0.508 e. The maximum atomic E-state index is 15.1. The Balaban J connectivity index is 1.46. The number of phenolic OH excluding ortho intramolecular Hbond substituents is 1. The fourth-order valence-electron chi connectivity index (χ4n) is 8.24. The van der Waals surface area contributed by atoms with E-state index in [2.05, 4.69) is 10.4 Å². The summed E-state index contributed by atoms with van der Waals surface area (Å²) in [5.41, 5.74) is 5.76. The first-order valence-electron chi connectivity index (χ1n) is 15.5. The van der Waals surface area contributed by atoms with Crippen molar-refractivity contribution in [2.24, 2.45) is 29.4 Å². The molecule has 17 heteroatoms. The number of alkyl halides is 3. The topological polar surface area (TPSA) is 172 Å². The minimum atomic E-state index is -4.78. The van der Waals surface area contributed by atoms with Crippen LogP contribution in [-0.2, 0) is 30.8 Å². The molecule has 1 aromatic heterocycles. The number of carbonyl (C=O) groups excluding carboxylic acids is 5. The molecule has 0 bridgehead atoms. The molecule has 6 amide bonds. The van der Waals surface area contributed by atoms with Gasteiger partial charge in [-0.2, -0.15) is 23.1 Å². The summed E-state index contributed by atoms with van der Waals surface area (Å²) in [4.78, 5) is 73.1. The molecule has 1 saturated carbocycles. The number of allylic oxidation sites excluding steroid dienone is 2. The average molecular weight is 745 g/mol. The fraction of sp³-hybridized carbons (Fsp3) is 0.294. The highest BCUT2D eigenvalue weighted by Gasteiger charge is 2.71. The Hall–Kier alpha value is -5.15. The SMILES string of the molecule is COc1ccc(O)c([C@H]2C3=CC[C@@H]4C(=O)N(C(N)=O)C(=O)[C@@H]4[C@@H]3C[C@H]3C(=O)N(Nc4ncc(C(F)(F)F)cc4Cl)C(=O)[C@@]23c2ccc(Cl)cc2)c1. The molecule has 0 unspecified atom stereocenters. The van der Waals surface area contributed by atoms with Crippen LogP contribution in [0.1, 0.15) is 35.4 Å². The first-order valence-corrected chi connectivity index (χ1v) is 16.2. The molecule has 0 spiro atoms. The van der Waals surface area contributed by atoms with Crippen LogP contribution in [0.5, 0.6) is 11.5 Å². The molecule has 3 aromatic rings. The van der Waals surface area contributed by atoms with Crippen molar-refractivity contribution < 1.29 is 47.0 Å². The number of pyridine rings is 1. The van der Waals surface area contributed by atoms with E-state index in [1.165, 1.54) is 37.4 Å². The summed E-state index contributed by atoms with van der Waals surface area (Å²) in [7, 11) is 1.39. The summed E-state index contributed by atoms with van der Waals surface area (Å²) in [5.74, 6) is -9.38. The lowest BCUT2D eigenvalue weighted by Crippen LogP contribution is -2.53. The standard InChI is InChI=1S/C34H26Cl2F3N5O7/c1-51-17-6-9-24(45)21(11-17)26-18-7-8-19-25(30(48)43(28(19)46)32(40)50)20(18)12-22-29(47)44(31(49)33(22,26)14-2-4-16(35)5-3-14)42-27-23(36)10-15(13-41-27)34(37,38)39/h2-7,9-11,13,19-20,22,25-26,45H,8,12H2,1H3,(H2,40,50)(H,41,42)/t19-,20+,22-,25-,26+,33+/m0/s1. The number of amides is 6. The molecule has 3 heterocycles. The number of fused-ring (bicyclic) bond motifs is 4. The van der Waals surface area contributed by atoms with Crippen LogP contribution in [0.15, 0.2) is 66.4 Å². The Kier molecular flexibility index (Phi) is 8.06. The number of nitrogens with two attached hydrogens (primary N) is 1. The van der Waals surface area contributed by atoms with Gasteiger partial charge in [0.1, 0.15) is 11.5 Å². The third kappa shape index (κ3) is 5.04. The lowest BCUT2D eigenvalue weighted by molar-refractivity contribution is -0.140. The highest BCUT2D eigenvalue weighted by atomic mass is 35.5. The highest BCUT2D eigenvalue weighted by Crippen LogP contribution is 2.65. The summed E-state index contributed by atoms with van der Waals surface area (Å²) in [5, 5.41) is 11.8. The number of halogens is 5. The summed E-state index contributed by atoms with van der Waals surface area (Å²) >= 11 is 12.4. The monoisotopic (exact) mass is 743 g/mol. The van der Waals surface area contributed by atoms with Crippen molar-refractivity contribution in [2.75, 3.05) is 12.5 Å². The van der Waals surface area contributed by atoms with Crippen LogP contribution < -0.4 is 15.9 Å². The minimum absolute atomic E-state index is 0.0252. The first-order chi connectivity index (χ1) is 24.1. The van der Waals surface area contributed by atoms with E-state index in [0.717, 1.165) is 0 Å². The number of aromatic hydroxyl groups is 1. The molecule has 264 valence electrons. The van der Waals surface area contributed by atoms with Gasteiger partial charge in [-0.3, -0.25) is 24.6 Å². The normalized spacial score (nSPS) is 27.2. The van der Waals surface area contributed by atoms with Crippen molar-refractivity contribution in [1.82, 2.24) is 14.9 Å². The Morgan fingerprint density at radius 2 is 1.75 bits per heavy atom. The van der Waals surface area contributed by atoms with Crippen molar-refractivity contribution >= 4 is 58.7 Å². The second-order valence-electron chi connectivity index (χ2n) is 12.7. The zero-order valence-electron chi connectivity index (χ0n) is 26.3. The first kappa shape index (κ1) is 34.3. The van der Waals surface area contributed by atoms with Crippen LogP contribution in [0.4, 0.5) is 23.8 Å². The number of carbonyl (C=O) groups is 5. The molecule has 12 nitrogen and oxygen atoms in total. The van der Waals surface area contributed by atoms with Crippen LogP contribution >= 0.6 is 23.2 Å². The van der Waals surface area contributed by atoms with Crippen molar-refractivity contribution in [1.29, 1.82) is 0 Å². The molecule has 2 saturated heterocycles. The number of hydrogen-bond donors (Lipinski definition) is 3. The van der Waals surface area contributed by atoms with Gasteiger partial charge in [-0.15, -0.1) is 0 Å². The number of benzene rings is 2. The molecule has 2 aliphatic heterocycles. The number of imide groups is 4. The zero-order chi connectivity index (χ0) is 36.7. The van der Waals surface area contributed by atoms with Gasteiger partial charge < -0.3 is 15.6 Å². The summed E-state index contributed by atoms with van der Waals surface area (Å²) in [6.07, 6.45) is -2.83. The average Bonchev–Trinajstić information content (AvgIpc) is 3.46. The van der Waals surface area contributed by atoms with Crippen LogP contribution in [-0.4, -0.2) is 56.8 Å². The molecule has 4 N–H and O–H groups in total. The van der Waals surface area contributed by atoms with E-state index in [9.17, 15) is 37.5 Å². The molecule has 0 radical (unpaired) electrons. The van der Waals surface area contributed by atoms with Crippen LogP contribution in [0.25, 0.3) is 0 Å². The zero-order valence-corrected chi connectivity index (χ0v) is 27.8. The predicted molar refractivity (Wildman–Crippen MR) is 173 cm³/mol. The lowest BCUT2D eigenvalue weighted by atomic mass is 9.49. The number of urea groups is 1. The van der Waals surface area contributed by atoms with Gasteiger partial charge >= 0.3 is 12.2 Å². The molecule has 4 aliphatic rings. The molecule has 6 atom stereocenters. The number of ether oxygens (including phenoxy) is 1. The predicted octanol–water partition coefficient (Wildman–Crippen LogP) is 5.19. The number of hydrazine groups is 1. The van der Waals surface area contributed by atoms with E-state index in [1.807, 2.05) is 0 Å². The number of nitrogens with zero attached hydrogens (tertiary/aromatic N) is 3. The second-order valence-corrected chi connectivity index (χ2v) is 13.5. The number of likely N-dealkylation sites (tertiary alicyclic amines) is 1. The number of primary amides is 1. The van der Waals surface area contributed by atoms with Gasteiger partial charge in [-0.05, 0) is 60.7 Å². The Morgan fingerprint density at radius 3 is 2.37 bits per heavy atom. The van der Waals surface area contributed by atoms with E-state index in [-0.39, 0.29) is 35.5 Å². The Bertz CT molecular complexity index is 2080. The number of phenols is 1. The molecular formula is C34H26Cl2F3N5O7. The van der Waals surface area contributed by atoms with E-state index >= 15 is 4.79 Å². The van der Waals surface area contributed by atoms with Gasteiger partial charge in [-0.25, -0.2) is 9.78 Å². The van der Waals surface area contributed by atoms with Crippen molar-refractivity contribution in [3.05, 3.63) is 93.1 Å². The highest BCUT2D eigenvalue weighted by molar-refractivity contribution is 6.33. The molecule has 2 aliphatic carbocycles. The van der Waals surface area contributed by atoms with Gasteiger partial charge in [0.2, 0.25) is 11.8 Å². The summed E-state index contributed by atoms with van der Waals surface area (Å²) in [6, 6.07) is 9.76. The number of methoxy groups -OCH3 is 1. The van der Waals surface area contributed by atoms with E-state index in [1.54, 1.807) is 18.2 Å². The van der Waals surface area contributed by atoms with Gasteiger partial charge in [0, 0.05) is 22.7 Å². The van der Waals surface area contributed by atoms with Crippen molar-refractivity contribution in [2.45, 2.75) is 30.4 Å². The molecule has 2 aromatic carbocycles. The number of aromatic nitrogens is 1. The molecule has 7 rings (SSSR count). The van der Waals surface area contributed by atoms with Crippen LogP contribution in [0.3, 0.4) is 0 Å². The van der Waals surface area contributed by atoms with Crippen molar-refractivity contribution in [3.8, 4) is 11.5 Å². The van der Waals surface area contributed by atoms with E-state index in [4.69, 9.17) is 33.7 Å². The molecular weight excluding hydrogens is 718 g/mol. The lowest BCUT2D eigenvalue weighted by Gasteiger charge is -2.50. The van der Waals surface area contributed by atoms with Gasteiger partial charge in [0.15, 0.2) is 5.82 Å². The summed E-state index contributed by atoms with van der Waals surface area (Å²) < 4.78 is 45.6. The molecule has 51 heavy (non-hydrogen) atoms. The number of nitrogens with one attached hydrogen (secondary N) is 1. The minimum Gasteiger partial charge on any atom is -0.508 e. The number of hydrogen-bond acceptors (Lipinski definition) is 9. The smallest absolute Gasteiger partial charge is 0.417 e. The van der Waals surface area contributed by atoms with Crippen LogP contribution in [0.2, 0.25) is 10.0 Å². The van der Waals surface area contributed by atoms with Gasteiger partial charge in [0.25, 0.3) is 11.8 Å². The summed E-state index contributed by atoms with van der Waals surface area (Å²) in [6.45, 7) is 0.